The van der Waals surface area contributed by atoms with Crippen molar-refractivity contribution in [2.24, 2.45) is 5.73 Å². The smallest absolute Gasteiger partial charge is 0.239 e. The van der Waals surface area contributed by atoms with Crippen LogP contribution in [0.25, 0.3) is 0 Å². The molecule has 0 bridgehead atoms. The number of amides is 1. The highest BCUT2D eigenvalue weighted by molar-refractivity contribution is 5.81. The third-order valence-corrected chi connectivity index (χ3v) is 4.19. The third kappa shape index (κ3) is 3.29. The van der Waals surface area contributed by atoms with E-state index in [4.69, 9.17) is 15.2 Å². The molecule has 0 aromatic heterocycles. The predicted octanol–water partition coefficient (Wildman–Crippen LogP) is 1.91. The van der Waals surface area contributed by atoms with Gasteiger partial charge in [0, 0.05) is 6.04 Å². The summed E-state index contributed by atoms with van der Waals surface area (Å²) in [5, 5.41) is 3.41. The van der Waals surface area contributed by atoms with E-state index in [1.807, 2.05) is 18.2 Å². The summed E-state index contributed by atoms with van der Waals surface area (Å²) >= 11 is 0. The Morgan fingerprint density at radius 1 is 1.14 bits per heavy atom. The van der Waals surface area contributed by atoms with Crippen LogP contribution in [0.4, 0.5) is 0 Å². The van der Waals surface area contributed by atoms with Gasteiger partial charge >= 0.3 is 0 Å². The average molecular weight is 290 g/mol. The van der Waals surface area contributed by atoms with Crippen molar-refractivity contribution in [2.45, 2.75) is 44.2 Å². The monoisotopic (exact) mass is 290 g/mol. The summed E-state index contributed by atoms with van der Waals surface area (Å²) in [7, 11) is 0. The fourth-order valence-electron chi connectivity index (χ4n) is 3.09. The molecule has 1 fully saturated rings. The molecule has 1 amide bonds. The van der Waals surface area contributed by atoms with Crippen molar-refractivity contribution in [3.63, 3.8) is 0 Å². The van der Waals surface area contributed by atoms with E-state index >= 15 is 0 Å². The maximum absolute atomic E-state index is 11.8. The standard InChI is InChI=1S/C16H22N2O3/c17-16(19)15(18-12-4-2-1-3-5-12)11-6-7-13-14(10-11)21-9-8-20-13/h6-7,10,12,15,18H,1-5,8-9H2,(H2,17,19). The van der Waals surface area contributed by atoms with Crippen LogP contribution in [0.3, 0.4) is 0 Å². The molecule has 1 aliphatic heterocycles. The summed E-state index contributed by atoms with van der Waals surface area (Å²) in [5.74, 6) is 1.07. The van der Waals surface area contributed by atoms with E-state index in [0.717, 1.165) is 24.2 Å². The topological polar surface area (TPSA) is 73.6 Å². The SMILES string of the molecule is NC(=O)C(NC1CCCCC1)c1ccc2c(c1)OCCO2. The Balaban J connectivity index is 1.78. The van der Waals surface area contributed by atoms with Crippen molar-refractivity contribution in [1.29, 1.82) is 0 Å². The molecule has 0 spiro atoms. The van der Waals surface area contributed by atoms with Gasteiger partial charge in [-0.1, -0.05) is 25.3 Å². The van der Waals surface area contributed by atoms with E-state index in [1.165, 1.54) is 19.3 Å². The number of rotatable bonds is 4. The van der Waals surface area contributed by atoms with Crippen LogP contribution < -0.4 is 20.5 Å². The number of nitrogens with one attached hydrogen (secondary N) is 1. The highest BCUT2D eigenvalue weighted by Crippen LogP contribution is 2.33. The molecule has 1 aromatic rings. The molecule has 2 aliphatic rings. The Bertz CT molecular complexity index is 512. The first kappa shape index (κ1) is 14.2. The van der Waals surface area contributed by atoms with Crippen molar-refractivity contribution >= 4 is 5.91 Å². The van der Waals surface area contributed by atoms with E-state index in [2.05, 4.69) is 5.32 Å². The first-order valence-corrected chi connectivity index (χ1v) is 7.69. The molecule has 1 saturated carbocycles. The van der Waals surface area contributed by atoms with Crippen molar-refractivity contribution in [3.05, 3.63) is 23.8 Å². The Kier molecular flexibility index (Phi) is 4.29. The summed E-state index contributed by atoms with van der Waals surface area (Å²) in [6, 6.07) is 5.49. The van der Waals surface area contributed by atoms with Crippen molar-refractivity contribution < 1.29 is 14.3 Å². The molecular weight excluding hydrogens is 268 g/mol. The third-order valence-electron chi connectivity index (χ3n) is 4.19. The van der Waals surface area contributed by atoms with Gasteiger partial charge in [0.2, 0.25) is 5.91 Å². The maximum Gasteiger partial charge on any atom is 0.239 e. The minimum atomic E-state index is -0.469. The molecule has 21 heavy (non-hydrogen) atoms. The lowest BCUT2D eigenvalue weighted by Gasteiger charge is -2.28. The summed E-state index contributed by atoms with van der Waals surface area (Å²) in [4.78, 5) is 11.8. The quantitative estimate of drug-likeness (QED) is 0.888. The summed E-state index contributed by atoms with van der Waals surface area (Å²) in [5.41, 5.74) is 6.43. The van der Waals surface area contributed by atoms with Gasteiger partial charge in [0.05, 0.1) is 0 Å². The Hall–Kier alpha value is -1.75. The number of carbonyl (C=O) groups is 1. The van der Waals surface area contributed by atoms with E-state index < -0.39 is 6.04 Å². The first-order valence-electron chi connectivity index (χ1n) is 7.69. The van der Waals surface area contributed by atoms with Gasteiger partial charge in [0.1, 0.15) is 19.3 Å². The minimum Gasteiger partial charge on any atom is -0.486 e. The Morgan fingerprint density at radius 2 is 1.86 bits per heavy atom. The highest BCUT2D eigenvalue weighted by atomic mass is 16.6. The number of ether oxygens (including phenoxy) is 2. The van der Waals surface area contributed by atoms with Gasteiger partial charge in [-0.25, -0.2) is 0 Å². The first-order chi connectivity index (χ1) is 10.2. The van der Waals surface area contributed by atoms with E-state index in [-0.39, 0.29) is 5.91 Å². The van der Waals surface area contributed by atoms with Crippen LogP contribution in [-0.2, 0) is 4.79 Å². The van der Waals surface area contributed by atoms with Crippen LogP contribution in [0, 0.1) is 0 Å². The number of carbonyl (C=O) groups excluding carboxylic acids is 1. The highest BCUT2D eigenvalue weighted by Gasteiger charge is 2.24. The molecule has 5 nitrogen and oxygen atoms in total. The van der Waals surface area contributed by atoms with E-state index in [0.29, 0.717) is 25.0 Å². The second kappa shape index (κ2) is 6.35. The molecule has 3 rings (SSSR count). The fraction of sp³-hybridized carbons (Fsp3) is 0.562. The van der Waals surface area contributed by atoms with Crippen LogP contribution in [-0.4, -0.2) is 25.2 Å². The number of hydrogen-bond acceptors (Lipinski definition) is 4. The summed E-state index contributed by atoms with van der Waals surface area (Å²) in [6.45, 7) is 1.10. The summed E-state index contributed by atoms with van der Waals surface area (Å²) in [6.07, 6.45) is 5.92. The van der Waals surface area contributed by atoms with Gasteiger partial charge in [0.25, 0.3) is 0 Å². The van der Waals surface area contributed by atoms with Crippen molar-refractivity contribution in [3.8, 4) is 11.5 Å². The molecule has 114 valence electrons. The molecule has 3 N–H and O–H groups in total. The van der Waals surface area contributed by atoms with Gasteiger partial charge < -0.3 is 15.2 Å². The Morgan fingerprint density at radius 3 is 2.57 bits per heavy atom. The fourth-order valence-corrected chi connectivity index (χ4v) is 3.09. The van der Waals surface area contributed by atoms with Gasteiger partial charge in [-0.05, 0) is 30.5 Å². The molecule has 1 aromatic carbocycles. The van der Waals surface area contributed by atoms with Crippen LogP contribution in [0.1, 0.15) is 43.7 Å². The number of fused-ring (bicyclic) bond motifs is 1. The zero-order valence-electron chi connectivity index (χ0n) is 12.1. The molecule has 0 saturated heterocycles. The predicted molar refractivity (Wildman–Crippen MR) is 79.4 cm³/mol. The Labute approximate surface area is 124 Å². The second-order valence-electron chi connectivity index (χ2n) is 5.74. The molecule has 5 heteroatoms. The van der Waals surface area contributed by atoms with Crippen LogP contribution in [0.15, 0.2) is 18.2 Å². The van der Waals surface area contributed by atoms with Gasteiger partial charge in [-0.3, -0.25) is 10.1 Å². The van der Waals surface area contributed by atoms with Crippen molar-refractivity contribution in [2.75, 3.05) is 13.2 Å². The van der Waals surface area contributed by atoms with Crippen LogP contribution in [0.5, 0.6) is 11.5 Å². The largest absolute Gasteiger partial charge is 0.486 e. The van der Waals surface area contributed by atoms with E-state index in [9.17, 15) is 4.79 Å². The average Bonchev–Trinajstić information content (AvgIpc) is 2.53. The number of primary amides is 1. The number of nitrogens with two attached hydrogens (primary N) is 1. The molecular formula is C16H22N2O3. The number of benzene rings is 1. The summed E-state index contributed by atoms with van der Waals surface area (Å²) < 4.78 is 11.1. The molecule has 1 aliphatic carbocycles. The molecule has 1 unspecified atom stereocenters. The normalized spacial score (nSPS) is 20.0. The van der Waals surface area contributed by atoms with Gasteiger partial charge in [0.15, 0.2) is 11.5 Å². The van der Waals surface area contributed by atoms with Crippen molar-refractivity contribution in [1.82, 2.24) is 5.32 Å². The van der Waals surface area contributed by atoms with E-state index in [1.54, 1.807) is 0 Å². The second-order valence-corrected chi connectivity index (χ2v) is 5.74. The van der Waals surface area contributed by atoms with Crippen LogP contribution in [0.2, 0.25) is 0 Å². The van der Waals surface area contributed by atoms with Gasteiger partial charge in [-0.15, -0.1) is 0 Å². The minimum absolute atomic E-state index is 0.350. The molecule has 1 heterocycles. The lowest BCUT2D eigenvalue weighted by molar-refractivity contribution is -0.120. The molecule has 0 radical (unpaired) electrons. The maximum atomic E-state index is 11.8. The van der Waals surface area contributed by atoms with Crippen LogP contribution >= 0.6 is 0 Å². The zero-order chi connectivity index (χ0) is 14.7. The number of hydrogen-bond donors (Lipinski definition) is 2. The lowest BCUT2D eigenvalue weighted by atomic mass is 9.93. The zero-order valence-corrected chi connectivity index (χ0v) is 12.1. The lowest BCUT2D eigenvalue weighted by Crippen LogP contribution is -2.41. The molecule has 1 atom stereocenters. The van der Waals surface area contributed by atoms with Gasteiger partial charge in [-0.2, -0.15) is 0 Å².